The van der Waals surface area contributed by atoms with Crippen LogP contribution >= 0.6 is 22.9 Å². The third-order valence-electron chi connectivity index (χ3n) is 1.79. The molecule has 3 nitrogen and oxygen atoms in total. The summed E-state index contributed by atoms with van der Waals surface area (Å²) >= 11 is 7.45. The Morgan fingerprint density at radius 3 is 2.93 bits per heavy atom. The molecule has 0 aromatic carbocycles. The molecule has 0 atom stereocenters. The molecule has 72 valence electrons. The SMILES string of the molecule is Nc1ncc(Cc2ccncc2Cl)s1. The zero-order chi connectivity index (χ0) is 9.97. The van der Waals surface area contributed by atoms with E-state index in [1.807, 2.05) is 6.07 Å². The Morgan fingerprint density at radius 2 is 2.29 bits per heavy atom. The molecule has 0 saturated carbocycles. The van der Waals surface area contributed by atoms with Crippen molar-refractivity contribution in [3.05, 3.63) is 40.1 Å². The van der Waals surface area contributed by atoms with Crippen LogP contribution in [0.4, 0.5) is 5.13 Å². The summed E-state index contributed by atoms with van der Waals surface area (Å²) in [6, 6.07) is 1.90. The highest BCUT2D eigenvalue weighted by Gasteiger charge is 2.03. The van der Waals surface area contributed by atoms with Crippen molar-refractivity contribution in [2.45, 2.75) is 6.42 Å². The van der Waals surface area contributed by atoms with Crippen molar-refractivity contribution in [1.29, 1.82) is 0 Å². The summed E-state index contributed by atoms with van der Waals surface area (Å²) in [5.41, 5.74) is 6.58. The minimum Gasteiger partial charge on any atom is -0.375 e. The fraction of sp³-hybridized carbons (Fsp3) is 0.111. The van der Waals surface area contributed by atoms with Gasteiger partial charge in [-0.3, -0.25) is 4.98 Å². The summed E-state index contributed by atoms with van der Waals surface area (Å²) < 4.78 is 0. The van der Waals surface area contributed by atoms with Crippen LogP contribution in [0.15, 0.2) is 24.7 Å². The second-order valence-corrected chi connectivity index (χ2v) is 4.36. The largest absolute Gasteiger partial charge is 0.375 e. The zero-order valence-corrected chi connectivity index (χ0v) is 8.85. The van der Waals surface area contributed by atoms with Crippen molar-refractivity contribution < 1.29 is 0 Å². The molecule has 0 spiro atoms. The number of nitrogen functional groups attached to an aromatic ring is 1. The molecule has 0 aliphatic carbocycles. The van der Waals surface area contributed by atoms with Crippen molar-refractivity contribution in [3.63, 3.8) is 0 Å². The van der Waals surface area contributed by atoms with E-state index in [0.717, 1.165) is 16.9 Å². The van der Waals surface area contributed by atoms with Crippen LogP contribution in [-0.4, -0.2) is 9.97 Å². The van der Waals surface area contributed by atoms with Crippen LogP contribution in [0, 0.1) is 0 Å². The number of hydrogen-bond donors (Lipinski definition) is 1. The highest BCUT2D eigenvalue weighted by Crippen LogP contribution is 2.22. The summed E-state index contributed by atoms with van der Waals surface area (Å²) in [6.07, 6.45) is 5.90. The van der Waals surface area contributed by atoms with E-state index < -0.39 is 0 Å². The Morgan fingerprint density at radius 1 is 1.43 bits per heavy atom. The topological polar surface area (TPSA) is 51.8 Å². The molecule has 14 heavy (non-hydrogen) atoms. The Hall–Kier alpha value is -1.13. The van der Waals surface area contributed by atoms with E-state index in [-0.39, 0.29) is 0 Å². The number of anilines is 1. The van der Waals surface area contributed by atoms with E-state index in [1.54, 1.807) is 18.6 Å². The van der Waals surface area contributed by atoms with Crippen LogP contribution in [0.25, 0.3) is 0 Å². The third kappa shape index (κ3) is 2.02. The molecule has 0 radical (unpaired) electrons. The minimum absolute atomic E-state index is 0.588. The van der Waals surface area contributed by atoms with Gasteiger partial charge >= 0.3 is 0 Å². The summed E-state index contributed by atoms with van der Waals surface area (Å²) in [7, 11) is 0. The summed E-state index contributed by atoms with van der Waals surface area (Å²) in [5.74, 6) is 0. The summed E-state index contributed by atoms with van der Waals surface area (Å²) in [5, 5.41) is 1.27. The lowest BCUT2D eigenvalue weighted by atomic mass is 10.2. The number of rotatable bonds is 2. The van der Waals surface area contributed by atoms with Gasteiger partial charge in [0.2, 0.25) is 0 Å². The van der Waals surface area contributed by atoms with Gasteiger partial charge in [0.15, 0.2) is 5.13 Å². The molecule has 2 aromatic rings. The zero-order valence-electron chi connectivity index (χ0n) is 7.27. The maximum Gasteiger partial charge on any atom is 0.180 e. The van der Waals surface area contributed by atoms with Gasteiger partial charge in [-0.05, 0) is 11.6 Å². The van der Waals surface area contributed by atoms with Gasteiger partial charge < -0.3 is 5.73 Å². The average Bonchev–Trinajstić information content (AvgIpc) is 2.56. The van der Waals surface area contributed by atoms with Gasteiger partial charge in [-0.25, -0.2) is 4.98 Å². The van der Waals surface area contributed by atoms with Crippen molar-refractivity contribution >= 4 is 28.1 Å². The van der Waals surface area contributed by atoms with E-state index >= 15 is 0 Å². The van der Waals surface area contributed by atoms with Gasteiger partial charge in [0.25, 0.3) is 0 Å². The molecule has 2 rings (SSSR count). The van der Waals surface area contributed by atoms with E-state index in [0.29, 0.717) is 10.2 Å². The molecule has 0 unspecified atom stereocenters. The van der Waals surface area contributed by atoms with Gasteiger partial charge in [0.05, 0.1) is 5.02 Å². The van der Waals surface area contributed by atoms with Crippen molar-refractivity contribution in [3.8, 4) is 0 Å². The second kappa shape index (κ2) is 3.94. The van der Waals surface area contributed by atoms with Crippen LogP contribution in [0.3, 0.4) is 0 Å². The van der Waals surface area contributed by atoms with E-state index in [4.69, 9.17) is 17.3 Å². The van der Waals surface area contributed by atoms with Gasteiger partial charge in [0.1, 0.15) is 0 Å². The Labute approximate surface area is 90.6 Å². The molecule has 0 fully saturated rings. The molecule has 0 aliphatic rings. The quantitative estimate of drug-likeness (QED) is 0.854. The fourth-order valence-electron chi connectivity index (χ4n) is 1.14. The number of thiazole rings is 1. The average molecular weight is 226 g/mol. The van der Waals surface area contributed by atoms with Crippen molar-refractivity contribution in [2.75, 3.05) is 5.73 Å². The maximum atomic E-state index is 5.97. The minimum atomic E-state index is 0.588. The Balaban J connectivity index is 2.23. The predicted octanol–water partition coefficient (Wildman–Crippen LogP) is 2.36. The van der Waals surface area contributed by atoms with E-state index in [9.17, 15) is 0 Å². The van der Waals surface area contributed by atoms with Gasteiger partial charge in [-0.2, -0.15) is 0 Å². The van der Waals surface area contributed by atoms with Crippen LogP contribution in [-0.2, 0) is 6.42 Å². The predicted molar refractivity (Wildman–Crippen MR) is 58.6 cm³/mol. The monoisotopic (exact) mass is 225 g/mol. The van der Waals surface area contributed by atoms with Crippen LogP contribution < -0.4 is 5.73 Å². The highest BCUT2D eigenvalue weighted by atomic mass is 35.5. The first-order valence-electron chi connectivity index (χ1n) is 4.04. The normalized spacial score (nSPS) is 10.4. The van der Waals surface area contributed by atoms with Crippen molar-refractivity contribution in [2.24, 2.45) is 0 Å². The van der Waals surface area contributed by atoms with Crippen LogP contribution in [0.2, 0.25) is 5.02 Å². The van der Waals surface area contributed by atoms with Crippen LogP contribution in [0.5, 0.6) is 0 Å². The Bertz CT molecular complexity index is 441. The number of hydrogen-bond acceptors (Lipinski definition) is 4. The lowest BCUT2D eigenvalue weighted by molar-refractivity contribution is 1.18. The summed E-state index contributed by atoms with van der Waals surface area (Å²) in [4.78, 5) is 9.01. The number of aromatic nitrogens is 2. The molecule has 0 aliphatic heterocycles. The van der Waals surface area contributed by atoms with Gasteiger partial charge in [-0.1, -0.05) is 11.6 Å². The first kappa shape index (κ1) is 9.43. The second-order valence-electron chi connectivity index (χ2n) is 2.81. The molecule has 5 heteroatoms. The first-order chi connectivity index (χ1) is 6.75. The number of nitrogens with zero attached hydrogens (tertiary/aromatic N) is 2. The molecular weight excluding hydrogens is 218 g/mol. The number of halogens is 1. The first-order valence-corrected chi connectivity index (χ1v) is 5.24. The number of pyridine rings is 1. The molecule has 2 aromatic heterocycles. The maximum absolute atomic E-state index is 5.97. The van der Waals surface area contributed by atoms with Crippen molar-refractivity contribution in [1.82, 2.24) is 9.97 Å². The molecule has 0 amide bonds. The summed E-state index contributed by atoms with van der Waals surface area (Å²) in [6.45, 7) is 0. The fourth-order valence-corrected chi connectivity index (χ4v) is 2.03. The van der Waals surface area contributed by atoms with E-state index in [2.05, 4.69) is 9.97 Å². The molecule has 0 saturated heterocycles. The Kier molecular flexibility index (Phi) is 2.65. The molecule has 2 N–H and O–H groups in total. The lowest BCUT2D eigenvalue weighted by Gasteiger charge is -1.99. The molecule has 0 bridgehead atoms. The lowest BCUT2D eigenvalue weighted by Crippen LogP contribution is -1.86. The molecular formula is C9H8ClN3S. The van der Waals surface area contributed by atoms with Crippen LogP contribution in [0.1, 0.15) is 10.4 Å². The number of nitrogens with two attached hydrogens (primary N) is 1. The molecule has 2 heterocycles. The highest BCUT2D eigenvalue weighted by molar-refractivity contribution is 7.15. The smallest absolute Gasteiger partial charge is 0.180 e. The van der Waals surface area contributed by atoms with E-state index in [1.165, 1.54) is 11.3 Å². The van der Waals surface area contributed by atoms with Gasteiger partial charge in [-0.15, -0.1) is 11.3 Å². The third-order valence-corrected chi connectivity index (χ3v) is 2.96. The standard InChI is InChI=1S/C9H8ClN3S/c10-8-5-12-2-1-6(8)3-7-4-13-9(11)14-7/h1-2,4-5H,3H2,(H2,11,13). The van der Waals surface area contributed by atoms with Gasteiger partial charge in [0, 0.05) is 29.9 Å².